The van der Waals surface area contributed by atoms with E-state index >= 15 is 0 Å². The number of hydrogen-bond acceptors (Lipinski definition) is 3. The second-order valence-corrected chi connectivity index (χ2v) is 6.86. The number of anilines is 1. The second kappa shape index (κ2) is 4.33. The van der Waals surface area contributed by atoms with Gasteiger partial charge in [-0.3, -0.25) is 4.31 Å². The van der Waals surface area contributed by atoms with Gasteiger partial charge in [0, 0.05) is 18.2 Å². The summed E-state index contributed by atoms with van der Waals surface area (Å²) < 4.78 is 26.7. The Morgan fingerprint density at radius 2 is 1.70 bits per heavy atom. The largest absolute Gasteiger partial charge is 0.384 e. The van der Waals surface area contributed by atoms with Gasteiger partial charge >= 0.3 is 0 Å². The fourth-order valence-electron chi connectivity index (χ4n) is 2.71. The average Bonchev–Trinajstić information content (AvgIpc) is 2.50. The molecule has 104 valence electrons. The molecule has 5 heteroatoms. The Hall–Kier alpha value is -1.85. The first-order valence-corrected chi connectivity index (χ1v) is 7.74. The number of para-hydroxylation sites is 1. The zero-order valence-corrected chi connectivity index (χ0v) is 12.1. The van der Waals surface area contributed by atoms with E-state index in [0.29, 0.717) is 16.8 Å². The molecule has 3 rings (SSSR count). The molecule has 1 heterocycles. The third kappa shape index (κ3) is 1.67. The molecule has 0 aromatic heterocycles. The number of benzene rings is 2. The predicted octanol–water partition coefficient (Wildman–Crippen LogP) is 2.22. The van der Waals surface area contributed by atoms with Crippen LogP contribution in [0.4, 0.5) is 5.69 Å². The monoisotopic (exact) mass is 289 g/mol. The SMILES string of the molecule is Cc1cccc2c1N(C)S(=O)(=O)c1ccccc1C2O. The van der Waals surface area contributed by atoms with Gasteiger partial charge in [0.05, 0.1) is 10.6 Å². The summed E-state index contributed by atoms with van der Waals surface area (Å²) in [4.78, 5) is 0.158. The minimum atomic E-state index is -3.65. The van der Waals surface area contributed by atoms with Crippen molar-refractivity contribution in [2.75, 3.05) is 11.4 Å². The van der Waals surface area contributed by atoms with Crippen molar-refractivity contribution in [1.82, 2.24) is 0 Å². The summed E-state index contributed by atoms with van der Waals surface area (Å²) in [7, 11) is -2.13. The van der Waals surface area contributed by atoms with Crippen LogP contribution in [0.1, 0.15) is 22.8 Å². The van der Waals surface area contributed by atoms with Gasteiger partial charge in [0.25, 0.3) is 10.0 Å². The lowest BCUT2D eigenvalue weighted by Gasteiger charge is -2.21. The topological polar surface area (TPSA) is 57.6 Å². The van der Waals surface area contributed by atoms with Gasteiger partial charge in [-0.15, -0.1) is 0 Å². The molecule has 2 aromatic carbocycles. The van der Waals surface area contributed by atoms with Crippen LogP contribution in [-0.4, -0.2) is 20.6 Å². The molecule has 20 heavy (non-hydrogen) atoms. The minimum Gasteiger partial charge on any atom is -0.384 e. The van der Waals surface area contributed by atoms with Gasteiger partial charge in [0.1, 0.15) is 6.10 Å². The zero-order chi connectivity index (χ0) is 14.5. The number of nitrogens with zero attached hydrogens (tertiary/aromatic N) is 1. The minimum absolute atomic E-state index is 0.158. The highest BCUT2D eigenvalue weighted by Crippen LogP contribution is 2.41. The van der Waals surface area contributed by atoms with Crippen molar-refractivity contribution in [3.8, 4) is 0 Å². The Balaban J connectivity index is 2.44. The first-order valence-electron chi connectivity index (χ1n) is 6.30. The molecule has 1 atom stereocenters. The molecule has 1 aliphatic rings. The summed E-state index contributed by atoms with van der Waals surface area (Å²) in [5, 5.41) is 10.6. The molecule has 1 aliphatic heterocycles. The van der Waals surface area contributed by atoms with Crippen LogP contribution < -0.4 is 4.31 Å². The van der Waals surface area contributed by atoms with E-state index in [-0.39, 0.29) is 4.90 Å². The third-order valence-corrected chi connectivity index (χ3v) is 5.56. The summed E-state index contributed by atoms with van der Waals surface area (Å²) in [5.41, 5.74) is 2.40. The molecule has 0 saturated heterocycles. The quantitative estimate of drug-likeness (QED) is 0.809. The van der Waals surface area contributed by atoms with Gasteiger partial charge < -0.3 is 5.11 Å². The lowest BCUT2D eigenvalue weighted by Crippen LogP contribution is -2.27. The highest BCUT2D eigenvalue weighted by molar-refractivity contribution is 7.92. The molecular weight excluding hydrogens is 274 g/mol. The summed E-state index contributed by atoms with van der Waals surface area (Å²) in [6.07, 6.45) is -0.944. The van der Waals surface area contributed by atoms with E-state index in [1.165, 1.54) is 17.4 Å². The van der Waals surface area contributed by atoms with Crippen LogP contribution in [0.2, 0.25) is 0 Å². The maximum atomic E-state index is 12.7. The van der Waals surface area contributed by atoms with Gasteiger partial charge in [0.15, 0.2) is 0 Å². The highest BCUT2D eigenvalue weighted by Gasteiger charge is 2.34. The fraction of sp³-hybridized carbons (Fsp3) is 0.200. The van der Waals surface area contributed by atoms with Gasteiger partial charge in [-0.25, -0.2) is 8.42 Å². The average molecular weight is 289 g/mol. The summed E-state index contributed by atoms with van der Waals surface area (Å²) in [6, 6.07) is 12.0. The van der Waals surface area contributed by atoms with E-state index in [1.54, 1.807) is 24.3 Å². The first-order chi connectivity index (χ1) is 9.44. The van der Waals surface area contributed by atoms with Crippen molar-refractivity contribution in [3.05, 3.63) is 59.2 Å². The third-order valence-electron chi connectivity index (χ3n) is 3.73. The van der Waals surface area contributed by atoms with Gasteiger partial charge in [-0.2, -0.15) is 0 Å². The fourth-order valence-corrected chi connectivity index (χ4v) is 4.22. The van der Waals surface area contributed by atoms with Crippen LogP contribution in [0.3, 0.4) is 0 Å². The second-order valence-electron chi connectivity index (χ2n) is 4.93. The van der Waals surface area contributed by atoms with Crippen molar-refractivity contribution in [2.45, 2.75) is 17.9 Å². The Bertz CT molecular complexity index is 783. The standard InChI is InChI=1S/C15H15NO3S/c1-10-6-5-8-12-14(10)16(2)20(18,19)13-9-4-3-7-11(13)15(12)17/h3-9,15,17H,1-2H3. The lowest BCUT2D eigenvalue weighted by molar-refractivity contribution is 0.218. The van der Waals surface area contributed by atoms with Crippen LogP contribution in [0, 0.1) is 6.92 Å². The zero-order valence-electron chi connectivity index (χ0n) is 11.2. The molecule has 4 nitrogen and oxygen atoms in total. The van der Waals surface area contributed by atoms with E-state index in [2.05, 4.69) is 0 Å². The predicted molar refractivity (Wildman–Crippen MR) is 77.3 cm³/mol. The molecule has 0 bridgehead atoms. The Morgan fingerprint density at radius 3 is 2.45 bits per heavy atom. The number of rotatable bonds is 0. The van der Waals surface area contributed by atoms with E-state index in [0.717, 1.165) is 5.56 Å². The van der Waals surface area contributed by atoms with Crippen LogP contribution in [0.5, 0.6) is 0 Å². The number of aryl methyl sites for hydroxylation is 1. The number of hydrogen-bond donors (Lipinski definition) is 1. The smallest absolute Gasteiger partial charge is 0.264 e. The maximum Gasteiger partial charge on any atom is 0.264 e. The molecule has 0 aliphatic carbocycles. The molecule has 0 radical (unpaired) electrons. The Labute approximate surface area is 118 Å². The van der Waals surface area contributed by atoms with Gasteiger partial charge in [0.2, 0.25) is 0 Å². The first kappa shape index (κ1) is 13.1. The van der Waals surface area contributed by atoms with E-state index < -0.39 is 16.1 Å². The van der Waals surface area contributed by atoms with E-state index in [4.69, 9.17) is 0 Å². The Morgan fingerprint density at radius 1 is 1.05 bits per heavy atom. The molecule has 1 N–H and O–H groups in total. The highest BCUT2D eigenvalue weighted by atomic mass is 32.2. The summed E-state index contributed by atoms with van der Waals surface area (Å²) >= 11 is 0. The van der Waals surface area contributed by atoms with E-state index in [1.807, 2.05) is 19.1 Å². The normalized spacial score (nSPS) is 19.9. The molecule has 0 spiro atoms. The molecule has 1 unspecified atom stereocenters. The lowest BCUT2D eigenvalue weighted by atomic mass is 9.97. The molecule has 0 amide bonds. The molecule has 0 fully saturated rings. The van der Waals surface area contributed by atoms with Crippen LogP contribution >= 0.6 is 0 Å². The molecular formula is C15H15NO3S. The number of aliphatic hydroxyl groups is 1. The number of fused-ring (bicyclic) bond motifs is 2. The number of sulfonamides is 1. The Kier molecular flexibility index (Phi) is 2.84. The van der Waals surface area contributed by atoms with Crippen LogP contribution in [0.25, 0.3) is 0 Å². The molecule has 2 aromatic rings. The van der Waals surface area contributed by atoms with Crippen molar-refractivity contribution < 1.29 is 13.5 Å². The number of aliphatic hydroxyl groups excluding tert-OH is 1. The van der Waals surface area contributed by atoms with Gasteiger partial charge in [-0.1, -0.05) is 36.4 Å². The molecule has 0 saturated carbocycles. The van der Waals surface area contributed by atoms with Crippen molar-refractivity contribution in [2.24, 2.45) is 0 Å². The van der Waals surface area contributed by atoms with Crippen molar-refractivity contribution >= 4 is 15.7 Å². The summed E-state index contributed by atoms with van der Waals surface area (Å²) in [6.45, 7) is 1.84. The summed E-state index contributed by atoms with van der Waals surface area (Å²) in [5.74, 6) is 0. The maximum absolute atomic E-state index is 12.7. The van der Waals surface area contributed by atoms with Crippen LogP contribution in [0.15, 0.2) is 47.4 Å². The van der Waals surface area contributed by atoms with Crippen molar-refractivity contribution in [3.63, 3.8) is 0 Å². The van der Waals surface area contributed by atoms with Crippen LogP contribution in [-0.2, 0) is 10.0 Å². The van der Waals surface area contributed by atoms with E-state index in [9.17, 15) is 13.5 Å². The van der Waals surface area contributed by atoms with Crippen molar-refractivity contribution in [1.29, 1.82) is 0 Å². The van der Waals surface area contributed by atoms with Gasteiger partial charge in [-0.05, 0) is 18.6 Å².